The fourth-order valence-corrected chi connectivity index (χ4v) is 3.20. The number of anilines is 1. The minimum Gasteiger partial charge on any atom is -0.378 e. The number of benzene rings is 1. The zero-order chi connectivity index (χ0) is 19.3. The third-order valence-electron chi connectivity index (χ3n) is 4.16. The number of hydrogen-bond donors (Lipinski definition) is 2. The summed E-state index contributed by atoms with van der Waals surface area (Å²) in [6, 6.07) is 8.02. The first-order valence-electron chi connectivity index (χ1n) is 8.48. The molecule has 3 N–H and O–H groups in total. The number of rotatable bonds is 6. The van der Waals surface area contributed by atoms with Crippen molar-refractivity contribution in [3.8, 4) is 0 Å². The number of carbonyl (C=O) groups is 1. The van der Waals surface area contributed by atoms with Crippen molar-refractivity contribution >= 4 is 21.7 Å². The van der Waals surface area contributed by atoms with E-state index in [2.05, 4.69) is 15.3 Å². The van der Waals surface area contributed by atoms with E-state index < -0.39 is 10.0 Å². The molecule has 1 fully saturated rings. The van der Waals surface area contributed by atoms with Crippen LogP contribution in [0.5, 0.6) is 0 Å². The van der Waals surface area contributed by atoms with Gasteiger partial charge in [-0.3, -0.25) is 4.79 Å². The summed E-state index contributed by atoms with van der Waals surface area (Å²) in [5, 5.41) is 8.23. The molecule has 27 heavy (non-hydrogen) atoms. The van der Waals surface area contributed by atoms with Crippen LogP contribution in [0, 0.1) is 0 Å². The summed E-state index contributed by atoms with van der Waals surface area (Å²) in [5.41, 5.74) is 1.29. The van der Waals surface area contributed by atoms with Gasteiger partial charge in [-0.25, -0.2) is 23.5 Å². The van der Waals surface area contributed by atoms with Gasteiger partial charge >= 0.3 is 0 Å². The maximum Gasteiger partial charge on any atom is 0.272 e. The third kappa shape index (κ3) is 5.22. The first kappa shape index (κ1) is 19.2. The summed E-state index contributed by atoms with van der Waals surface area (Å²) < 4.78 is 27.8. The predicted molar refractivity (Wildman–Crippen MR) is 98.8 cm³/mol. The minimum atomic E-state index is -3.68. The quantitative estimate of drug-likeness (QED) is 0.722. The van der Waals surface area contributed by atoms with Gasteiger partial charge in [0.05, 0.1) is 18.1 Å². The molecule has 1 amide bonds. The van der Waals surface area contributed by atoms with E-state index in [1.54, 1.807) is 23.1 Å². The van der Waals surface area contributed by atoms with E-state index in [4.69, 9.17) is 9.88 Å². The Labute approximate surface area is 157 Å². The van der Waals surface area contributed by atoms with Gasteiger partial charge in [0.2, 0.25) is 10.0 Å². The highest BCUT2D eigenvalue weighted by Crippen LogP contribution is 2.11. The normalized spacial score (nSPS) is 14.8. The molecule has 3 rings (SSSR count). The monoisotopic (exact) mass is 391 g/mol. The number of primary sulfonamides is 1. The van der Waals surface area contributed by atoms with Gasteiger partial charge in [0.1, 0.15) is 17.8 Å². The van der Waals surface area contributed by atoms with Gasteiger partial charge in [-0.05, 0) is 24.1 Å². The molecule has 1 aromatic heterocycles. The highest BCUT2D eigenvalue weighted by atomic mass is 32.2. The lowest BCUT2D eigenvalue weighted by atomic mass is 10.1. The van der Waals surface area contributed by atoms with Crippen LogP contribution < -0.4 is 10.5 Å². The first-order valence-corrected chi connectivity index (χ1v) is 10.0. The molecule has 2 heterocycles. The summed E-state index contributed by atoms with van der Waals surface area (Å²) in [6.45, 7) is 2.75. The van der Waals surface area contributed by atoms with Gasteiger partial charge in [0, 0.05) is 25.7 Å². The van der Waals surface area contributed by atoms with Gasteiger partial charge in [-0.2, -0.15) is 0 Å². The van der Waals surface area contributed by atoms with Crippen molar-refractivity contribution < 1.29 is 17.9 Å². The molecule has 0 unspecified atom stereocenters. The minimum absolute atomic E-state index is 0.0845. The second-order valence-electron chi connectivity index (χ2n) is 6.06. The van der Waals surface area contributed by atoms with Crippen molar-refractivity contribution in [2.24, 2.45) is 5.14 Å². The van der Waals surface area contributed by atoms with Crippen LogP contribution in [-0.2, 0) is 21.2 Å². The largest absolute Gasteiger partial charge is 0.378 e. The highest BCUT2D eigenvalue weighted by molar-refractivity contribution is 7.89. The number of carbonyl (C=O) groups excluding carboxylic acids is 1. The standard InChI is InChI=1S/C17H21N5O4S/c18-27(24,25)14-3-1-13(2-4-14)5-6-19-16-11-15(20-12-21-16)17(23)22-7-9-26-10-8-22/h1-4,11-12H,5-10H2,(H2,18,24,25)(H,19,20,21). The Morgan fingerprint density at radius 3 is 2.56 bits per heavy atom. The second-order valence-corrected chi connectivity index (χ2v) is 7.62. The van der Waals surface area contributed by atoms with Crippen molar-refractivity contribution in [1.29, 1.82) is 0 Å². The summed E-state index contributed by atoms with van der Waals surface area (Å²) in [4.78, 5) is 22.4. The summed E-state index contributed by atoms with van der Waals surface area (Å²) >= 11 is 0. The third-order valence-corrected chi connectivity index (χ3v) is 5.09. The lowest BCUT2D eigenvalue weighted by molar-refractivity contribution is 0.0299. The van der Waals surface area contributed by atoms with E-state index in [0.717, 1.165) is 5.56 Å². The van der Waals surface area contributed by atoms with E-state index in [-0.39, 0.29) is 10.8 Å². The molecule has 1 aromatic carbocycles. The van der Waals surface area contributed by atoms with Crippen LogP contribution in [0.3, 0.4) is 0 Å². The molecule has 1 saturated heterocycles. The maximum atomic E-state index is 12.5. The summed E-state index contributed by atoms with van der Waals surface area (Å²) in [5.74, 6) is 0.421. The van der Waals surface area contributed by atoms with E-state index in [0.29, 0.717) is 50.8 Å². The van der Waals surface area contributed by atoms with Gasteiger partial charge in [0.15, 0.2) is 0 Å². The fourth-order valence-electron chi connectivity index (χ4n) is 2.68. The summed E-state index contributed by atoms with van der Waals surface area (Å²) in [6.07, 6.45) is 2.01. The lowest BCUT2D eigenvalue weighted by Crippen LogP contribution is -2.41. The Morgan fingerprint density at radius 1 is 1.19 bits per heavy atom. The van der Waals surface area contributed by atoms with E-state index in [1.807, 2.05) is 0 Å². The maximum absolute atomic E-state index is 12.5. The molecule has 2 aromatic rings. The smallest absolute Gasteiger partial charge is 0.272 e. The Morgan fingerprint density at radius 2 is 1.89 bits per heavy atom. The lowest BCUT2D eigenvalue weighted by Gasteiger charge is -2.26. The van der Waals surface area contributed by atoms with Crippen molar-refractivity contribution in [2.75, 3.05) is 38.2 Å². The molecule has 144 valence electrons. The Kier molecular flexibility index (Phi) is 5.99. The van der Waals surface area contributed by atoms with Crippen LogP contribution in [0.15, 0.2) is 41.6 Å². The predicted octanol–water partition coefficient (Wildman–Crippen LogP) is 0.251. The molecule has 1 aliphatic rings. The van der Waals surface area contributed by atoms with Crippen molar-refractivity contribution in [3.05, 3.63) is 47.9 Å². The molecular formula is C17H21N5O4S. The van der Waals surface area contributed by atoms with Gasteiger partial charge in [-0.1, -0.05) is 12.1 Å². The molecule has 9 nitrogen and oxygen atoms in total. The van der Waals surface area contributed by atoms with Crippen LogP contribution in [0.4, 0.5) is 5.82 Å². The number of aromatic nitrogens is 2. The molecule has 0 saturated carbocycles. The van der Waals surface area contributed by atoms with E-state index >= 15 is 0 Å². The SMILES string of the molecule is NS(=O)(=O)c1ccc(CCNc2cc(C(=O)N3CCOCC3)ncn2)cc1. The number of ether oxygens (including phenoxy) is 1. The van der Waals surface area contributed by atoms with Gasteiger partial charge in [0.25, 0.3) is 5.91 Å². The van der Waals surface area contributed by atoms with Crippen LogP contribution in [0.1, 0.15) is 16.1 Å². The number of sulfonamides is 1. The second kappa shape index (κ2) is 8.42. The van der Waals surface area contributed by atoms with E-state index in [1.165, 1.54) is 18.5 Å². The molecule has 0 spiro atoms. The van der Waals surface area contributed by atoms with Crippen LogP contribution >= 0.6 is 0 Å². The van der Waals surface area contributed by atoms with Crippen molar-refractivity contribution in [1.82, 2.24) is 14.9 Å². The molecular weight excluding hydrogens is 370 g/mol. The molecule has 0 atom stereocenters. The van der Waals surface area contributed by atoms with Crippen LogP contribution in [-0.4, -0.2) is 62.0 Å². The number of amides is 1. The summed E-state index contributed by atoms with van der Waals surface area (Å²) in [7, 11) is -3.68. The zero-order valence-corrected chi connectivity index (χ0v) is 15.5. The Bertz CT molecular complexity index is 896. The Hall–Kier alpha value is -2.56. The zero-order valence-electron chi connectivity index (χ0n) is 14.7. The van der Waals surface area contributed by atoms with Crippen LogP contribution in [0.25, 0.3) is 0 Å². The average molecular weight is 391 g/mol. The van der Waals surface area contributed by atoms with Gasteiger partial charge in [-0.15, -0.1) is 0 Å². The van der Waals surface area contributed by atoms with E-state index in [9.17, 15) is 13.2 Å². The molecule has 0 bridgehead atoms. The number of hydrogen-bond acceptors (Lipinski definition) is 7. The van der Waals surface area contributed by atoms with Gasteiger partial charge < -0.3 is 15.0 Å². The molecule has 0 aliphatic carbocycles. The Balaban J connectivity index is 1.56. The number of nitrogens with zero attached hydrogens (tertiary/aromatic N) is 3. The van der Waals surface area contributed by atoms with Crippen LogP contribution in [0.2, 0.25) is 0 Å². The number of nitrogens with two attached hydrogens (primary N) is 1. The first-order chi connectivity index (χ1) is 12.9. The topological polar surface area (TPSA) is 128 Å². The average Bonchev–Trinajstić information content (AvgIpc) is 2.68. The fraction of sp³-hybridized carbons (Fsp3) is 0.353. The van der Waals surface area contributed by atoms with Crippen molar-refractivity contribution in [3.63, 3.8) is 0 Å². The van der Waals surface area contributed by atoms with Crippen molar-refractivity contribution in [2.45, 2.75) is 11.3 Å². The number of morpholine rings is 1. The molecule has 10 heteroatoms. The highest BCUT2D eigenvalue weighted by Gasteiger charge is 2.20. The molecule has 1 aliphatic heterocycles. The molecule has 0 radical (unpaired) electrons. The number of nitrogens with one attached hydrogen (secondary N) is 1.